The van der Waals surface area contributed by atoms with Crippen LogP contribution in [-0.2, 0) is 19.2 Å². The molecule has 2 aliphatic carbocycles. The summed E-state index contributed by atoms with van der Waals surface area (Å²) in [5.41, 5.74) is 0.0516. The third kappa shape index (κ3) is 9.59. The van der Waals surface area contributed by atoms with Crippen LogP contribution in [0.15, 0.2) is 11.6 Å². The van der Waals surface area contributed by atoms with Crippen LogP contribution in [0.25, 0.3) is 0 Å². The van der Waals surface area contributed by atoms with E-state index in [1.165, 1.54) is 13.5 Å². The van der Waals surface area contributed by atoms with Crippen molar-refractivity contribution < 1.29 is 34.2 Å². The van der Waals surface area contributed by atoms with E-state index in [4.69, 9.17) is 0 Å². The van der Waals surface area contributed by atoms with Gasteiger partial charge in [0.25, 0.3) is 11.8 Å². The van der Waals surface area contributed by atoms with Crippen LogP contribution in [0.5, 0.6) is 0 Å². The Hall–Kier alpha value is -2.71. The van der Waals surface area contributed by atoms with Gasteiger partial charge in [0.1, 0.15) is 11.4 Å². The van der Waals surface area contributed by atoms with Gasteiger partial charge < -0.3 is 15.1 Å². The largest absolute Gasteiger partial charge is 0.481 e. The third-order valence-corrected chi connectivity index (χ3v) is 14.9. The fourth-order valence-electron chi connectivity index (χ4n) is 11.5. The summed E-state index contributed by atoms with van der Waals surface area (Å²) in [4.78, 5) is 70.8. The van der Waals surface area contributed by atoms with Crippen LogP contribution in [0.2, 0.25) is 0 Å². The minimum atomic E-state index is -0.685. The molecule has 4 aliphatic heterocycles. The van der Waals surface area contributed by atoms with E-state index in [0.29, 0.717) is 60.3 Å². The molecule has 6 rings (SSSR count). The summed E-state index contributed by atoms with van der Waals surface area (Å²) in [5.74, 6) is -0.231. The van der Waals surface area contributed by atoms with E-state index in [1.807, 2.05) is 6.92 Å². The molecule has 0 aromatic rings. The predicted molar refractivity (Wildman–Crippen MR) is 216 cm³/mol. The molecule has 0 bridgehead atoms. The number of nitrogens with zero attached hydrogens (tertiary/aromatic N) is 5. The summed E-state index contributed by atoms with van der Waals surface area (Å²) in [6, 6.07) is 2.31. The summed E-state index contributed by atoms with van der Waals surface area (Å²) in [6.07, 6.45) is 12.1. The smallest absolute Gasteiger partial charge is 0.331 e. The maximum atomic E-state index is 12.4. The quantitative estimate of drug-likeness (QED) is 0.216. The molecule has 316 valence electrons. The molecule has 0 spiro atoms. The molecule has 4 amide bonds. The molecule has 2 saturated carbocycles. The standard InChI is InChI=1S/C22H41N3O3.C21H31N3O4/c1-14-6-7-17(22(27)28)9-21(14)25-15(2)8-18(16(25)3)11-24-12-19(23(4)5)10-20(24)13-26;1-5-18(25)14-7-6-8-16(10-14)24-12(2)9-15(13(24)3)11-17-19(26)22-21(28)23(4)20(17)27/h14-21,26H,6-13H2,1-5H3,(H,27,28);11-16H,5-10H2,1-4H3,(H,22,26,28)/b;17-11+/t14?,15?,16?,17?,18?,19-,20+,21?;/m1./s1. The van der Waals surface area contributed by atoms with Gasteiger partial charge in [-0.25, -0.2) is 4.79 Å². The van der Waals surface area contributed by atoms with Gasteiger partial charge in [-0.1, -0.05) is 26.3 Å². The van der Waals surface area contributed by atoms with Crippen molar-refractivity contribution in [2.75, 3.05) is 40.8 Å². The first kappa shape index (κ1) is 44.4. The third-order valence-electron chi connectivity index (χ3n) is 14.9. The first-order valence-corrected chi connectivity index (χ1v) is 21.6. The molecule has 4 heterocycles. The van der Waals surface area contributed by atoms with Crippen molar-refractivity contribution in [3.05, 3.63) is 11.6 Å². The highest BCUT2D eigenvalue weighted by Crippen LogP contribution is 2.42. The molecule has 6 fully saturated rings. The number of carbonyl (C=O) groups excluding carboxylic acids is 4. The van der Waals surface area contributed by atoms with Crippen molar-refractivity contribution in [1.82, 2.24) is 29.8 Å². The monoisotopic (exact) mass is 785 g/mol. The van der Waals surface area contributed by atoms with Crippen LogP contribution in [0, 0.1) is 29.6 Å². The molecular formula is C43H72N6O7. The lowest BCUT2D eigenvalue weighted by Gasteiger charge is -2.43. The Morgan fingerprint density at radius 1 is 0.875 bits per heavy atom. The summed E-state index contributed by atoms with van der Waals surface area (Å²) in [7, 11) is 5.64. The van der Waals surface area contributed by atoms with E-state index in [1.54, 1.807) is 6.08 Å². The SMILES string of the molecule is CC1CCC(C(=O)O)CC1N1C(C)CC(CN2C[C@H](N(C)C)C[C@H]2CO)C1C.CCC(=O)C1CCCC(N2C(C)CC(/C=C3\C(=O)NC(=O)N(C)C3=O)C2C)C1. The van der Waals surface area contributed by atoms with Crippen molar-refractivity contribution in [3.63, 3.8) is 0 Å². The van der Waals surface area contributed by atoms with Crippen molar-refractivity contribution >= 4 is 29.6 Å². The maximum Gasteiger partial charge on any atom is 0.331 e. The molecule has 11 unspecified atom stereocenters. The van der Waals surface area contributed by atoms with Gasteiger partial charge in [-0.2, -0.15) is 0 Å². The van der Waals surface area contributed by atoms with Crippen LogP contribution in [0.4, 0.5) is 4.79 Å². The lowest BCUT2D eigenvalue weighted by Crippen LogP contribution is -2.52. The number of likely N-dealkylation sites (N-methyl/N-ethyl adjacent to an activating group) is 2. The first-order chi connectivity index (χ1) is 26.5. The number of aliphatic carboxylic acids is 1. The number of hydrogen-bond donors (Lipinski definition) is 3. The van der Waals surface area contributed by atoms with Gasteiger partial charge in [0, 0.05) is 80.8 Å². The van der Waals surface area contributed by atoms with Crippen molar-refractivity contribution in [1.29, 1.82) is 0 Å². The summed E-state index contributed by atoms with van der Waals surface area (Å²) < 4.78 is 0. The number of ketones is 1. The molecule has 56 heavy (non-hydrogen) atoms. The van der Waals surface area contributed by atoms with Gasteiger partial charge in [-0.15, -0.1) is 0 Å². The molecule has 4 saturated heterocycles. The number of amides is 4. The number of barbiturate groups is 1. The number of aliphatic hydroxyl groups excluding tert-OH is 1. The molecular weight excluding hydrogens is 713 g/mol. The molecule has 13 nitrogen and oxygen atoms in total. The van der Waals surface area contributed by atoms with Crippen LogP contribution in [-0.4, -0.2) is 153 Å². The number of carboxylic acids is 1. The second-order valence-electron chi connectivity index (χ2n) is 18.5. The fourth-order valence-corrected chi connectivity index (χ4v) is 11.5. The van der Waals surface area contributed by atoms with E-state index >= 15 is 0 Å². The zero-order chi connectivity index (χ0) is 41.2. The fraction of sp³-hybridized carbons (Fsp3) is 0.837. The van der Waals surface area contributed by atoms with Crippen LogP contribution in [0.1, 0.15) is 112 Å². The summed E-state index contributed by atoms with van der Waals surface area (Å²) in [6.45, 7) is 15.5. The Morgan fingerprint density at radius 2 is 1.57 bits per heavy atom. The molecule has 6 aliphatic rings. The van der Waals surface area contributed by atoms with E-state index in [0.717, 1.165) is 75.8 Å². The Bertz CT molecular complexity index is 1470. The van der Waals surface area contributed by atoms with Crippen LogP contribution >= 0.6 is 0 Å². The molecule has 0 aromatic carbocycles. The number of carbonyl (C=O) groups is 5. The highest BCUT2D eigenvalue weighted by atomic mass is 16.4. The number of likely N-dealkylation sites (tertiary alicyclic amines) is 3. The van der Waals surface area contributed by atoms with E-state index in [9.17, 15) is 34.2 Å². The second-order valence-corrected chi connectivity index (χ2v) is 18.5. The van der Waals surface area contributed by atoms with Gasteiger partial charge >= 0.3 is 12.0 Å². The average Bonchev–Trinajstić information content (AvgIpc) is 3.80. The summed E-state index contributed by atoms with van der Waals surface area (Å²) >= 11 is 0. The van der Waals surface area contributed by atoms with Crippen LogP contribution < -0.4 is 5.32 Å². The topological polar surface area (TPSA) is 154 Å². The zero-order valence-electron chi connectivity index (χ0n) is 35.7. The number of Topliss-reactive ketones (excluding diaryl/α,β-unsaturated/α-hetero) is 1. The number of imide groups is 2. The Balaban J connectivity index is 0.000000214. The second kappa shape index (κ2) is 18.9. The number of hydrogen-bond acceptors (Lipinski definition) is 10. The Labute approximate surface area is 335 Å². The number of nitrogens with one attached hydrogen (secondary N) is 1. The molecule has 13 atom stereocenters. The molecule has 0 radical (unpaired) electrons. The molecule has 3 N–H and O–H groups in total. The highest BCUT2D eigenvalue weighted by Gasteiger charge is 2.47. The minimum Gasteiger partial charge on any atom is -0.481 e. The lowest BCUT2D eigenvalue weighted by atomic mass is 9.78. The molecule has 0 aromatic heterocycles. The summed E-state index contributed by atoms with van der Waals surface area (Å²) in [5, 5.41) is 21.6. The number of urea groups is 1. The number of rotatable bonds is 10. The van der Waals surface area contributed by atoms with Gasteiger partial charge in [0.15, 0.2) is 0 Å². The van der Waals surface area contributed by atoms with Gasteiger partial charge in [0.05, 0.1) is 12.5 Å². The van der Waals surface area contributed by atoms with Crippen LogP contribution in [0.3, 0.4) is 0 Å². The van der Waals surface area contributed by atoms with Gasteiger partial charge in [-0.3, -0.25) is 44.1 Å². The van der Waals surface area contributed by atoms with Gasteiger partial charge in [0.2, 0.25) is 0 Å². The van der Waals surface area contributed by atoms with Crippen molar-refractivity contribution in [3.8, 4) is 0 Å². The van der Waals surface area contributed by atoms with Crippen molar-refractivity contribution in [2.24, 2.45) is 29.6 Å². The van der Waals surface area contributed by atoms with Gasteiger partial charge in [-0.05, 0) is 117 Å². The predicted octanol–water partition coefficient (Wildman–Crippen LogP) is 4.23. The van der Waals surface area contributed by atoms with E-state index < -0.39 is 23.8 Å². The highest BCUT2D eigenvalue weighted by molar-refractivity contribution is 6.28. The zero-order valence-corrected chi connectivity index (χ0v) is 35.7. The number of carboxylic acid groups (broad SMARTS) is 1. The average molecular weight is 785 g/mol. The first-order valence-electron chi connectivity index (χ1n) is 21.6. The maximum absolute atomic E-state index is 12.4. The Morgan fingerprint density at radius 3 is 2.21 bits per heavy atom. The normalized spacial score (nSPS) is 39.6. The van der Waals surface area contributed by atoms with E-state index in [2.05, 4.69) is 73.6 Å². The minimum absolute atomic E-state index is 0.0516. The Kier molecular flexibility index (Phi) is 15.0. The van der Waals surface area contributed by atoms with E-state index in [-0.39, 0.29) is 42.0 Å². The molecule has 13 heteroatoms. The lowest BCUT2D eigenvalue weighted by molar-refractivity contribution is -0.144. The van der Waals surface area contributed by atoms with Crippen molar-refractivity contribution in [2.45, 2.75) is 161 Å². The number of aliphatic hydroxyl groups is 1.